The number of anilines is 1. The van der Waals surface area contributed by atoms with E-state index in [2.05, 4.69) is 28.3 Å². The van der Waals surface area contributed by atoms with E-state index in [-0.39, 0.29) is 0 Å². The normalized spacial score (nSPS) is 17.7. The van der Waals surface area contributed by atoms with E-state index >= 15 is 0 Å². The zero-order chi connectivity index (χ0) is 18.5. The fourth-order valence-corrected chi connectivity index (χ4v) is 3.64. The fourth-order valence-electron chi connectivity index (χ4n) is 3.64. The molecule has 1 aromatic heterocycles. The molecule has 0 atom stereocenters. The Balaban J connectivity index is 2.02. The number of hydrogen-bond donors (Lipinski definition) is 1. The van der Waals surface area contributed by atoms with Crippen molar-refractivity contribution < 1.29 is 4.39 Å². The van der Waals surface area contributed by atoms with Gasteiger partial charge in [-0.25, -0.2) is 4.39 Å². The Hall–Kier alpha value is -2.20. The zero-order valence-corrected chi connectivity index (χ0v) is 15.9. The quantitative estimate of drug-likeness (QED) is 0.762. The second-order valence-corrected chi connectivity index (χ2v) is 7.14. The van der Waals surface area contributed by atoms with Gasteiger partial charge in [-0.15, -0.1) is 0 Å². The molecule has 0 aliphatic carbocycles. The van der Waals surface area contributed by atoms with E-state index in [1.165, 1.54) is 0 Å². The van der Waals surface area contributed by atoms with E-state index in [4.69, 9.17) is 0 Å². The van der Waals surface area contributed by atoms with Gasteiger partial charge >= 0.3 is 0 Å². The number of pyridine rings is 1. The largest absolute Gasteiger partial charge is 0.382 e. The highest BCUT2D eigenvalue weighted by molar-refractivity contribution is 5.96. The van der Waals surface area contributed by atoms with Crippen molar-refractivity contribution in [3.8, 4) is 0 Å². The standard InChI is InChI=1S/C22H28FN3/c1-4-5-16(2)21(14-23)17-12-18-15-24-9-6-20(18)22(13-17)25-19-7-10-26(3)11-8-19/h4-6,9,12-13,15,19,25H,7-8,10-11,14H2,1-3H3/b5-4-,21-16+. The molecule has 138 valence electrons. The van der Waals surface area contributed by atoms with Crippen LogP contribution in [-0.2, 0) is 0 Å². The Bertz CT molecular complexity index is 817. The van der Waals surface area contributed by atoms with Crippen LogP contribution in [0.4, 0.5) is 10.1 Å². The zero-order valence-electron chi connectivity index (χ0n) is 15.9. The second kappa shape index (κ2) is 8.45. The van der Waals surface area contributed by atoms with E-state index < -0.39 is 6.67 Å². The monoisotopic (exact) mass is 353 g/mol. The van der Waals surface area contributed by atoms with Crippen LogP contribution in [0, 0.1) is 0 Å². The van der Waals surface area contributed by atoms with Gasteiger partial charge in [0.25, 0.3) is 0 Å². The Morgan fingerprint density at radius 3 is 2.81 bits per heavy atom. The smallest absolute Gasteiger partial charge is 0.115 e. The predicted octanol–water partition coefficient (Wildman–Crippen LogP) is 5.06. The van der Waals surface area contributed by atoms with Gasteiger partial charge in [-0.2, -0.15) is 0 Å². The number of halogens is 1. The molecule has 1 fully saturated rings. The molecule has 1 saturated heterocycles. The number of rotatable bonds is 5. The van der Waals surface area contributed by atoms with E-state index in [0.717, 1.165) is 59.1 Å². The molecule has 0 radical (unpaired) electrons. The van der Waals surface area contributed by atoms with Crippen molar-refractivity contribution in [1.82, 2.24) is 9.88 Å². The number of benzene rings is 1. The number of likely N-dealkylation sites (tertiary alicyclic amines) is 1. The van der Waals surface area contributed by atoms with Crippen LogP contribution in [0.15, 0.2) is 48.3 Å². The lowest BCUT2D eigenvalue weighted by atomic mass is 9.96. The molecule has 2 heterocycles. The molecular weight excluding hydrogens is 325 g/mol. The molecule has 3 rings (SSSR count). The molecule has 4 heteroatoms. The average molecular weight is 353 g/mol. The van der Waals surface area contributed by atoms with Gasteiger partial charge in [-0.1, -0.05) is 12.2 Å². The van der Waals surface area contributed by atoms with Crippen molar-refractivity contribution in [1.29, 1.82) is 0 Å². The molecule has 0 saturated carbocycles. The third-order valence-corrected chi connectivity index (χ3v) is 5.21. The van der Waals surface area contributed by atoms with Crippen molar-refractivity contribution in [2.45, 2.75) is 32.7 Å². The van der Waals surface area contributed by atoms with Gasteiger partial charge in [0.05, 0.1) is 0 Å². The summed E-state index contributed by atoms with van der Waals surface area (Å²) in [6.07, 6.45) is 9.84. The van der Waals surface area contributed by atoms with Gasteiger partial charge in [0.2, 0.25) is 0 Å². The summed E-state index contributed by atoms with van der Waals surface area (Å²) in [6.45, 7) is 5.65. The first-order valence-electron chi connectivity index (χ1n) is 9.34. The molecule has 1 aliphatic heterocycles. The van der Waals surface area contributed by atoms with E-state index in [1.807, 2.05) is 50.5 Å². The van der Waals surface area contributed by atoms with Gasteiger partial charge in [0, 0.05) is 34.9 Å². The summed E-state index contributed by atoms with van der Waals surface area (Å²) in [5.41, 5.74) is 3.71. The third kappa shape index (κ3) is 4.13. The van der Waals surface area contributed by atoms with Crippen molar-refractivity contribution in [3.05, 3.63) is 53.9 Å². The first-order valence-corrected chi connectivity index (χ1v) is 9.34. The molecule has 1 aromatic carbocycles. The molecule has 0 amide bonds. The summed E-state index contributed by atoms with van der Waals surface area (Å²) >= 11 is 0. The van der Waals surface area contributed by atoms with E-state index in [0.29, 0.717) is 6.04 Å². The first-order chi connectivity index (χ1) is 12.6. The van der Waals surface area contributed by atoms with Crippen molar-refractivity contribution >= 4 is 22.0 Å². The lowest BCUT2D eigenvalue weighted by Crippen LogP contribution is -2.36. The summed E-state index contributed by atoms with van der Waals surface area (Å²) in [7, 11) is 2.17. The maximum Gasteiger partial charge on any atom is 0.115 e. The number of allylic oxidation sites excluding steroid dienone is 4. The lowest BCUT2D eigenvalue weighted by Gasteiger charge is -2.30. The van der Waals surface area contributed by atoms with Crippen LogP contribution in [0.2, 0.25) is 0 Å². The summed E-state index contributed by atoms with van der Waals surface area (Å²) in [5.74, 6) is 0. The van der Waals surface area contributed by atoms with Gasteiger partial charge in [0.15, 0.2) is 0 Å². The van der Waals surface area contributed by atoms with Gasteiger partial charge in [0.1, 0.15) is 6.67 Å². The number of nitrogens with zero attached hydrogens (tertiary/aromatic N) is 2. The topological polar surface area (TPSA) is 28.2 Å². The molecule has 1 N–H and O–H groups in total. The number of alkyl halides is 1. The highest BCUT2D eigenvalue weighted by Gasteiger charge is 2.18. The summed E-state index contributed by atoms with van der Waals surface area (Å²) < 4.78 is 13.8. The molecule has 3 nitrogen and oxygen atoms in total. The van der Waals surface area contributed by atoms with Crippen LogP contribution < -0.4 is 5.32 Å². The maximum atomic E-state index is 13.8. The number of hydrogen-bond acceptors (Lipinski definition) is 3. The molecule has 2 aromatic rings. The first kappa shape index (κ1) is 18.6. The maximum absolute atomic E-state index is 13.8. The predicted molar refractivity (Wildman–Crippen MR) is 109 cm³/mol. The number of fused-ring (bicyclic) bond motifs is 1. The molecule has 1 aliphatic rings. The molecule has 0 spiro atoms. The van der Waals surface area contributed by atoms with Crippen LogP contribution in [0.3, 0.4) is 0 Å². The van der Waals surface area contributed by atoms with Crippen LogP contribution in [0.5, 0.6) is 0 Å². The van der Waals surface area contributed by atoms with Gasteiger partial charge in [-0.05, 0) is 81.7 Å². The van der Waals surface area contributed by atoms with Crippen molar-refractivity contribution in [3.63, 3.8) is 0 Å². The second-order valence-electron chi connectivity index (χ2n) is 7.14. The summed E-state index contributed by atoms with van der Waals surface area (Å²) in [6, 6.07) is 6.63. The lowest BCUT2D eigenvalue weighted by molar-refractivity contribution is 0.264. The Morgan fingerprint density at radius 1 is 1.35 bits per heavy atom. The van der Waals surface area contributed by atoms with Crippen molar-refractivity contribution in [2.75, 3.05) is 32.1 Å². The van der Waals surface area contributed by atoms with Gasteiger partial charge in [-0.3, -0.25) is 4.98 Å². The van der Waals surface area contributed by atoms with Crippen LogP contribution in [0.1, 0.15) is 32.3 Å². The Kier molecular flexibility index (Phi) is 6.04. The average Bonchev–Trinajstić information content (AvgIpc) is 2.64. The number of nitrogens with one attached hydrogen (secondary N) is 1. The summed E-state index contributed by atoms with van der Waals surface area (Å²) in [4.78, 5) is 6.62. The highest BCUT2D eigenvalue weighted by Crippen LogP contribution is 2.31. The minimum Gasteiger partial charge on any atom is -0.382 e. The van der Waals surface area contributed by atoms with Crippen LogP contribution in [0.25, 0.3) is 16.3 Å². The molecule has 26 heavy (non-hydrogen) atoms. The Labute approximate surface area is 155 Å². The fraction of sp³-hybridized carbons (Fsp3) is 0.409. The van der Waals surface area contributed by atoms with Crippen LogP contribution in [-0.4, -0.2) is 42.7 Å². The Morgan fingerprint density at radius 2 is 2.12 bits per heavy atom. The number of aromatic nitrogens is 1. The number of piperidine rings is 1. The molecule has 0 bridgehead atoms. The van der Waals surface area contributed by atoms with Crippen molar-refractivity contribution in [2.24, 2.45) is 0 Å². The highest BCUT2D eigenvalue weighted by atomic mass is 19.1. The van der Waals surface area contributed by atoms with E-state index in [9.17, 15) is 4.39 Å². The third-order valence-electron chi connectivity index (χ3n) is 5.21. The minimum atomic E-state index is -0.477. The summed E-state index contributed by atoms with van der Waals surface area (Å²) in [5, 5.41) is 5.90. The molecular formula is C22H28FN3. The minimum absolute atomic E-state index is 0.451. The molecule has 0 unspecified atom stereocenters. The van der Waals surface area contributed by atoms with Gasteiger partial charge < -0.3 is 10.2 Å². The van der Waals surface area contributed by atoms with E-state index in [1.54, 1.807) is 0 Å². The SMILES string of the molecule is C/C=C\C(C)=C(/CF)c1cc(NC2CCN(C)CC2)c2ccncc2c1. The van der Waals surface area contributed by atoms with Crippen LogP contribution >= 0.6 is 0 Å².